The van der Waals surface area contributed by atoms with Crippen LogP contribution in [0.15, 0.2) is 53.8 Å². The lowest BCUT2D eigenvalue weighted by Crippen LogP contribution is -3.00. The molecule has 1 saturated heterocycles. The molecule has 1 aliphatic heterocycles. The number of aliphatic imine (C=N–C) groups is 1. The van der Waals surface area contributed by atoms with E-state index in [1.165, 1.54) is 0 Å². The number of piperidine rings is 1. The molecule has 0 saturated carbocycles. The first-order valence-electron chi connectivity index (χ1n) is 13.0. The van der Waals surface area contributed by atoms with E-state index in [9.17, 15) is 4.79 Å². The van der Waals surface area contributed by atoms with Crippen LogP contribution in [0, 0.1) is 17.4 Å². The van der Waals surface area contributed by atoms with Gasteiger partial charge in [0.15, 0.2) is 12.4 Å². The predicted molar refractivity (Wildman–Crippen MR) is 145 cm³/mol. The fourth-order valence-corrected chi connectivity index (χ4v) is 3.98. The molecule has 2 heterocycles. The van der Waals surface area contributed by atoms with Crippen molar-refractivity contribution in [3.05, 3.63) is 53.8 Å². The number of guanidine groups is 1. The highest BCUT2D eigenvalue weighted by Crippen LogP contribution is 2.16. The van der Waals surface area contributed by atoms with Crippen molar-refractivity contribution < 1.29 is 36.0 Å². The number of benzene rings is 1. The summed E-state index contributed by atoms with van der Waals surface area (Å²) in [5.74, 6) is 1.55. The number of halogens is 2. The predicted octanol–water partition coefficient (Wildman–Crippen LogP) is 1.22. The van der Waals surface area contributed by atoms with Crippen LogP contribution in [0.1, 0.15) is 38.5 Å². The second-order valence-corrected chi connectivity index (χ2v) is 9.41. The highest BCUT2D eigenvalue weighted by atomic mass is 35.5. The van der Waals surface area contributed by atoms with E-state index in [0.717, 1.165) is 63.1 Å². The Morgan fingerprint density at radius 3 is 2.62 bits per heavy atom. The molecule has 0 bridgehead atoms. The van der Waals surface area contributed by atoms with Crippen molar-refractivity contribution in [1.29, 1.82) is 5.26 Å². The minimum absolute atomic E-state index is 0. The maximum atomic E-state index is 11.9. The van der Waals surface area contributed by atoms with Crippen LogP contribution in [-0.4, -0.2) is 45.0 Å². The number of hydrogen-bond acceptors (Lipinski definition) is 7. The highest BCUT2D eigenvalue weighted by Gasteiger charge is 2.16. The van der Waals surface area contributed by atoms with Crippen molar-refractivity contribution in [1.82, 2.24) is 10.6 Å². The van der Waals surface area contributed by atoms with Crippen LogP contribution >= 0.6 is 11.6 Å². The molecule has 1 aromatic carbocycles. The van der Waals surface area contributed by atoms with E-state index in [1.54, 1.807) is 29.1 Å². The van der Waals surface area contributed by atoms with E-state index in [0.29, 0.717) is 36.7 Å². The van der Waals surface area contributed by atoms with Gasteiger partial charge in [-0.15, -0.1) is 4.99 Å². The monoisotopic (exact) mass is 578 g/mol. The first-order chi connectivity index (χ1) is 18.6. The number of rotatable bonds is 13. The molecule has 1 aliphatic rings. The van der Waals surface area contributed by atoms with Gasteiger partial charge in [-0.25, -0.2) is 4.79 Å². The standard InChI is InChI=1S/C27H35ClN6O4.ClH/c28-23-7-9-25(10-8-23)36-17-4-2-1-3-14-31-26(32-20-29)33-24-11-15-34(16-12-24)21-38-27(35)37-19-22-6-5-13-30-18-22;/h7-12,15-16,22,30H,1-6,13-14,17-19,21H2,(H,31,32);1H. The van der Waals surface area contributed by atoms with Crippen LogP contribution in [0.2, 0.25) is 5.02 Å². The minimum atomic E-state index is -0.674. The second kappa shape index (κ2) is 18.9. The summed E-state index contributed by atoms with van der Waals surface area (Å²) in [5.41, 5.74) is 0.745. The van der Waals surface area contributed by atoms with Gasteiger partial charge in [-0.05, 0) is 56.5 Å². The Labute approximate surface area is 241 Å². The third-order valence-corrected chi connectivity index (χ3v) is 6.18. The molecule has 1 atom stereocenters. The number of ether oxygens (including phenoxy) is 3. The fourth-order valence-electron chi connectivity index (χ4n) is 3.85. The molecule has 2 aromatic rings. The van der Waals surface area contributed by atoms with Crippen LogP contribution < -0.4 is 37.7 Å². The smallest absolute Gasteiger partial charge is 0.513 e. The zero-order valence-corrected chi connectivity index (χ0v) is 23.4. The summed E-state index contributed by atoms with van der Waals surface area (Å²) in [6.07, 6.45) is 10.8. The number of anilines is 1. The van der Waals surface area contributed by atoms with Crippen molar-refractivity contribution in [3.63, 3.8) is 0 Å². The zero-order chi connectivity index (χ0) is 26.8. The Bertz CT molecular complexity index is 1040. The van der Waals surface area contributed by atoms with Gasteiger partial charge in [0.1, 0.15) is 5.75 Å². The van der Waals surface area contributed by atoms with Gasteiger partial charge < -0.3 is 42.6 Å². The molecule has 0 aliphatic carbocycles. The molecule has 0 amide bonds. The van der Waals surface area contributed by atoms with Gasteiger partial charge in [-0.3, -0.25) is 0 Å². The van der Waals surface area contributed by atoms with Crippen molar-refractivity contribution in [3.8, 4) is 11.9 Å². The van der Waals surface area contributed by atoms with Crippen LogP contribution in [0.4, 0.5) is 10.5 Å². The Hall–Kier alpha value is -3.26. The van der Waals surface area contributed by atoms with Gasteiger partial charge in [0.2, 0.25) is 12.2 Å². The summed E-state index contributed by atoms with van der Waals surface area (Å²) < 4.78 is 17.8. The molecule has 39 heavy (non-hydrogen) atoms. The largest absolute Gasteiger partial charge is 1.00 e. The molecular formula is C27H36Cl2N6O4. The van der Waals surface area contributed by atoms with Gasteiger partial charge in [-0.2, -0.15) is 9.83 Å². The summed E-state index contributed by atoms with van der Waals surface area (Å²) in [6, 6.07) is 11.0. The number of hydrogen-bond donors (Lipinski definition) is 3. The summed E-state index contributed by atoms with van der Waals surface area (Å²) in [5, 5.41) is 19.3. The van der Waals surface area contributed by atoms with E-state index in [-0.39, 0.29) is 19.1 Å². The van der Waals surface area contributed by atoms with E-state index in [2.05, 4.69) is 20.9 Å². The van der Waals surface area contributed by atoms with Crippen LogP contribution in [0.5, 0.6) is 5.75 Å². The summed E-state index contributed by atoms with van der Waals surface area (Å²) >= 11 is 5.87. The average molecular weight is 580 g/mol. The van der Waals surface area contributed by atoms with E-state index >= 15 is 0 Å². The summed E-state index contributed by atoms with van der Waals surface area (Å²) in [7, 11) is 0. The molecule has 0 spiro atoms. The minimum Gasteiger partial charge on any atom is -1.00 e. The Balaban J connectivity index is 0.00000533. The number of carbonyl (C=O) groups excluding carboxylic acids is 1. The molecule has 3 N–H and O–H groups in total. The van der Waals surface area contributed by atoms with Crippen molar-refractivity contribution in [2.24, 2.45) is 10.9 Å². The third-order valence-electron chi connectivity index (χ3n) is 5.93. The Kier molecular flexibility index (Phi) is 15.5. The van der Waals surface area contributed by atoms with Gasteiger partial charge in [-0.1, -0.05) is 24.4 Å². The SMILES string of the molecule is N#CN=C(NCCCCCCOc1ccc(Cl)cc1)Nc1cc[n+](COC(=O)OCC2CCCNC2)cc1.[Cl-]. The van der Waals surface area contributed by atoms with Crippen LogP contribution in [0.3, 0.4) is 0 Å². The number of pyridine rings is 1. The highest BCUT2D eigenvalue weighted by molar-refractivity contribution is 6.30. The van der Waals surface area contributed by atoms with E-state index < -0.39 is 6.16 Å². The van der Waals surface area contributed by atoms with Crippen LogP contribution in [0.25, 0.3) is 0 Å². The zero-order valence-electron chi connectivity index (χ0n) is 21.9. The molecule has 1 aromatic heterocycles. The topological polar surface area (TPSA) is 121 Å². The molecule has 1 fully saturated rings. The number of carbonyl (C=O) groups is 1. The van der Waals surface area contributed by atoms with Crippen LogP contribution in [-0.2, 0) is 16.2 Å². The number of aromatic nitrogens is 1. The first-order valence-corrected chi connectivity index (χ1v) is 13.4. The fraction of sp³-hybridized carbons (Fsp3) is 0.481. The van der Waals surface area contributed by atoms with Crippen molar-refractivity contribution >= 4 is 29.4 Å². The lowest BCUT2D eigenvalue weighted by Gasteiger charge is -2.21. The molecule has 1 unspecified atom stereocenters. The first kappa shape index (κ1) is 32.0. The van der Waals surface area contributed by atoms with E-state index in [1.807, 2.05) is 30.5 Å². The maximum Gasteiger partial charge on any atom is 0.513 e. The lowest BCUT2D eigenvalue weighted by atomic mass is 10.0. The van der Waals surface area contributed by atoms with Gasteiger partial charge in [0, 0.05) is 36.2 Å². The van der Waals surface area contributed by atoms with Crippen molar-refractivity contribution in [2.75, 3.05) is 38.2 Å². The molecule has 10 nitrogen and oxygen atoms in total. The number of nitrogens with zero attached hydrogens (tertiary/aromatic N) is 3. The maximum absolute atomic E-state index is 11.9. The molecule has 3 rings (SSSR count). The second-order valence-electron chi connectivity index (χ2n) is 8.98. The summed E-state index contributed by atoms with van der Waals surface area (Å²) in [6.45, 7) is 3.65. The number of nitrogens with one attached hydrogen (secondary N) is 3. The van der Waals surface area contributed by atoms with Crippen molar-refractivity contribution in [2.45, 2.75) is 45.3 Å². The van der Waals surface area contributed by atoms with E-state index in [4.69, 9.17) is 31.1 Å². The third kappa shape index (κ3) is 13.4. The van der Waals surface area contributed by atoms with Gasteiger partial charge in [0.05, 0.1) is 18.9 Å². The molecule has 0 radical (unpaired) electrons. The lowest BCUT2D eigenvalue weighted by molar-refractivity contribution is -0.727. The van der Waals surface area contributed by atoms with Gasteiger partial charge in [0.25, 0.3) is 6.73 Å². The Morgan fingerprint density at radius 2 is 1.90 bits per heavy atom. The molecular weight excluding hydrogens is 543 g/mol. The Morgan fingerprint density at radius 1 is 1.13 bits per heavy atom. The number of nitriles is 1. The number of unbranched alkanes of at least 4 members (excludes halogenated alkanes) is 3. The van der Waals surface area contributed by atoms with Gasteiger partial charge >= 0.3 is 6.16 Å². The quantitative estimate of drug-likeness (QED) is 0.0810. The molecule has 12 heteroatoms. The molecule has 212 valence electrons. The normalized spacial score (nSPS) is 14.9. The average Bonchev–Trinajstić information content (AvgIpc) is 2.94. The summed E-state index contributed by atoms with van der Waals surface area (Å²) in [4.78, 5) is 15.7.